The number of aliphatic carboxylic acids is 2. The first-order chi connectivity index (χ1) is 6.84. The lowest BCUT2D eigenvalue weighted by atomic mass is 10.3. The van der Waals surface area contributed by atoms with Crippen LogP contribution in [0.2, 0.25) is 0 Å². The molecule has 0 amide bonds. The van der Waals surface area contributed by atoms with Crippen molar-refractivity contribution in [2.24, 2.45) is 5.73 Å². The van der Waals surface area contributed by atoms with Gasteiger partial charge in [-0.2, -0.15) is 0 Å². The van der Waals surface area contributed by atoms with Crippen LogP contribution in [-0.4, -0.2) is 32.1 Å². The number of carboxylic acids is 2. The Labute approximate surface area is 85.9 Å². The summed E-state index contributed by atoms with van der Waals surface area (Å²) >= 11 is 0. The molecule has 7 heteroatoms. The average molecular weight is 215 g/mol. The third-order valence-corrected chi connectivity index (χ3v) is 1.38. The molecular weight excluding hydrogens is 202 g/mol. The maximum absolute atomic E-state index is 9.10. The van der Waals surface area contributed by atoms with Crippen molar-refractivity contribution >= 4 is 11.9 Å². The molecule has 0 saturated carbocycles. The molecule has 84 valence electrons. The van der Waals surface area contributed by atoms with E-state index in [9.17, 15) is 0 Å². The minimum atomic E-state index is -1.82. The van der Waals surface area contributed by atoms with Gasteiger partial charge in [-0.1, -0.05) is 0 Å². The largest absolute Gasteiger partial charge is 0.473 e. The van der Waals surface area contributed by atoms with Crippen LogP contribution in [-0.2, 0) is 9.59 Å². The van der Waals surface area contributed by atoms with E-state index in [-0.39, 0.29) is 6.04 Å². The summed E-state index contributed by atoms with van der Waals surface area (Å²) in [5.74, 6) is -2.73. The molecule has 1 unspecified atom stereocenters. The van der Waals surface area contributed by atoms with E-state index in [0.717, 1.165) is 11.5 Å². The zero-order chi connectivity index (χ0) is 12.0. The predicted molar refractivity (Wildman–Crippen MR) is 51.2 cm³/mol. The number of nitrogens with two attached hydrogens (primary N) is 1. The summed E-state index contributed by atoms with van der Waals surface area (Å²) in [4.78, 5) is 25.3. The second-order valence-corrected chi connectivity index (χ2v) is 2.81. The number of aryl methyl sites for hydroxylation is 1. The Morgan fingerprint density at radius 3 is 2.07 bits per heavy atom. The number of hydrogen-bond acceptors (Lipinski definition) is 4. The van der Waals surface area contributed by atoms with E-state index >= 15 is 0 Å². The van der Waals surface area contributed by atoms with Crippen LogP contribution in [0.1, 0.15) is 24.5 Å². The number of H-pyrrole nitrogens is 1. The first kappa shape index (κ1) is 13.1. The van der Waals surface area contributed by atoms with E-state index < -0.39 is 11.9 Å². The van der Waals surface area contributed by atoms with Gasteiger partial charge >= 0.3 is 11.9 Å². The van der Waals surface area contributed by atoms with Gasteiger partial charge in [0.05, 0.1) is 5.69 Å². The van der Waals surface area contributed by atoms with Gasteiger partial charge in [-0.3, -0.25) is 0 Å². The number of rotatable bonds is 1. The highest BCUT2D eigenvalue weighted by atomic mass is 16.4. The summed E-state index contributed by atoms with van der Waals surface area (Å²) in [6.07, 6.45) is 1.83. The van der Waals surface area contributed by atoms with Gasteiger partial charge in [0.1, 0.15) is 5.82 Å². The quantitative estimate of drug-likeness (QED) is 0.484. The lowest BCUT2D eigenvalue weighted by molar-refractivity contribution is -0.159. The standard InChI is InChI=1S/C6H11N3.C2H2O4/c1-4(7)6-3-8-5(2)9-6;3-1(4)2(5)6/h3-4H,7H2,1-2H3,(H,8,9);(H,3,4)(H,5,6). The van der Waals surface area contributed by atoms with Crippen LogP contribution in [0.25, 0.3) is 0 Å². The molecule has 1 heterocycles. The van der Waals surface area contributed by atoms with Crippen LogP contribution in [0.5, 0.6) is 0 Å². The molecule has 0 spiro atoms. The van der Waals surface area contributed by atoms with Crippen molar-refractivity contribution in [3.05, 3.63) is 17.7 Å². The molecule has 5 N–H and O–H groups in total. The first-order valence-electron chi connectivity index (χ1n) is 4.08. The second kappa shape index (κ2) is 5.76. The SMILES string of the molecule is Cc1nc(C(C)N)c[nH]1.O=C(O)C(=O)O. The molecule has 1 rings (SSSR count). The van der Waals surface area contributed by atoms with E-state index in [1.165, 1.54) is 0 Å². The van der Waals surface area contributed by atoms with Crippen molar-refractivity contribution in [1.82, 2.24) is 9.97 Å². The van der Waals surface area contributed by atoms with Crippen molar-refractivity contribution in [1.29, 1.82) is 0 Å². The summed E-state index contributed by atoms with van der Waals surface area (Å²) < 4.78 is 0. The van der Waals surface area contributed by atoms with E-state index in [0.29, 0.717) is 0 Å². The number of nitrogens with one attached hydrogen (secondary N) is 1. The highest BCUT2D eigenvalue weighted by molar-refractivity contribution is 6.27. The Bertz CT molecular complexity index is 333. The molecule has 0 aliphatic rings. The minimum absolute atomic E-state index is 0.0370. The van der Waals surface area contributed by atoms with Gasteiger partial charge in [0.2, 0.25) is 0 Å². The molecule has 0 aromatic carbocycles. The van der Waals surface area contributed by atoms with Gasteiger partial charge in [-0.05, 0) is 13.8 Å². The van der Waals surface area contributed by atoms with Gasteiger partial charge in [-0.25, -0.2) is 14.6 Å². The number of carbonyl (C=O) groups is 2. The summed E-state index contributed by atoms with van der Waals surface area (Å²) in [7, 11) is 0. The van der Waals surface area contributed by atoms with E-state index in [4.69, 9.17) is 25.5 Å². The molecule has 1 aromatic heterocycles. The molecule has 1 aromatic rings. The van der Waals surface area contributed by atoms with Crippen LogP contribution >= 0.6 is 0 Å². The second-order valence-electron chi connectivity index (χ2n) is 2.81. The molecule has 15 heavy (non-hydrogen) atoms. The smallest absolute Gasteiger partial charge is 0.414 e. The third-order valence-electron chi connectivity index (χ3n) is 1.38. The Morgan fingerprint density at radius 2 is 1.93 bits per heavy atom. The van der Waals surface area contributed by atoms with E-state index in [1.54, 1.807) is 0 Å². The molecule has 0 aliphatic carbocycles. The van der Waals surface area contributed by atoms with Gasteiger partial charge < -0.3 is 20.9 Å². The molecular formula is C8H13N3O4. The Balaban J connectivity index is 0.000000288. The maximum Gasteiger partial charge on any atom is 0.414 e. The van der Waals surface area contributed by atoms with Crippen LogP contribution in [0.3, 0.4) is 0 Å². The normalized spacial score (nSPS) is 11.1. The monoisotopic (exact) mass is 215 g/mol. The van der Waals surface area contributed by atoms with E-state index in [2.05, 4.69) is 9.97 Å². The van der Waals surface area contributed by atoms with Gasteiger partial charge in [0.25, 0.3) is 0 Å². The maximum atomic E-state index is 9.10. The number of hydrogen-bond donors (Lipinski definition) is 4. The first-order valence-corrected chi connectivity index (χ1v) is 4.08. The molecule has 0 bridgehead atoms. The fraction of sp³-hybridized carbons (Fsp3) is 0.375. The predicted octanol–water partition coefficient (Wildman–Crippen LogP) is -0.107. The molecule has 0 fully saturated rings. The Kier molecular flexibility index (Phi) is 5.03. The van der Waals surface area contributed by atoms with Gasteiger partial charge in [0, 0.05) is 12.2 Å². The summed E-state index contributed by atoms with van der Waals surface area (Å²) in [6.45, 7) is 3.82. The summed E-state index contributed by atoms with van der Waals surface area (Å²) in [5.41, 5.74) is 6.47. The molecule has 0 radical (unpaired) electrons. The minimum Gasteiger partial charge on any atom is -0.473 e. The summed E-state index contributed by atoms with van der Waals surface area (Å²) in [6, 6.07) is 0.0370. The lowest BCUT2D eigenvalue weighted by Crippen LogP contribution is -2.09. The van der Waals surface area contributed by atoms with Crippen LogP contribution in [0.4, 0.5) is 0 Å². The zero-order valence-electron chi connectivity index (χ0n) is 8.39. The lowest BCUT2D eigenvalue weighted by Gasteiger charge is -1.95. The molecule has 0 saturated heterocycles. The van der Waals surface area contributed by atoms with E-state index in [1.807, 2.05) is 20.0 Å². The molecule has 0 aliphatic heterocycles. The van der Waals surface area contributed by atoms with Crippen molar-refractivity contribution in [2.75, 3.05) is 0 Å². The topological polar surface area (TPSA) is 129 Å². The number of aromatic amines is 1. The fourth-order valence-corrected chi connectivity index (χ4v) is 0.670. The van der Waals surface area contributed by atoms with Crippen LogP contribution < -0.4 is 5.73 Å². The van der Waals surface area contributed by atoms with Gasteiger partial charge in [0.15, 0.2) is 0 Å². The van der Waals surface area contributed by atoms with Gasteiger partial charge in [-0.15, -0.1) is 0 Å². The Hall–Kier alpha value is -1.89. The zero-order valence-corrected chi connectivity index (χ0v) is 8.39. The molecule has 1 atom stereocenters. The summed E-state index contributed by atoms with van der Waals surface area (Å²) in [5, 5.41) is 14.8. The number of imidazole rings is 1. The Morgan fingerprint density at radius 1 is 1.47 bits per heavy atom. The van der Waals surface area contributed by atoms with Crippen molar-refractivity contribution in [3.8, 4) is 0 Å². The number of aromatic nitrogens is 2. The van der Waals surface area contributed by atoms with Crippen molar-refractivity contribution < 1.29 is 19.8 Å². The molecule has 7 nitrogen and oxygen atoms in total. The average Bonchev–Trinajstić information content (AvgIpc) is 2.52. The van der Waals surface area contributed by atoms with Crippen LogP contribution in [0, 0.1) is 6.92 Å². The van der Waals surface area contributed by atoms with Crippen LogP contribution in [0.15, 0.2) is 6.20 Å². The highest BCUT2D eigenvalue weighted by Gasteiger charge is 2.04. The number of carboxylic acid groups (broad SMARTS) is 2. The fourth-order valence-electron chi connectivity index (χ4n) is 0.670. The highest BCUT2D eigenvalue weighted by Crippen LogP contribution is 2.03. The van der Waals surface area contributed by atoms with Crippen molar-refractivity contribution in [3.63, 3.8) is 0 Å². The van der Waals surface area contributed by atoms with Crippen molar-refractivity contribution in [2.45, 2.75) is 19.9 Å². The number of nitrogens with zero attached hydrogens (tertiary/aromatic N) is 1. The third kappa shape index (κ3) is 5.42.